The van der Waals surface area contributed by atoms with Crippen LogP contribution >= 0.6 is 23.1 Å². The molecule has 0 radical (unpaired) electrons. The topological polar surface area (TPSA) is 30.8 Å². The molecule has 2 aliphatic heterocycles. The third kappa shape index (κ3) is 2.83. The lowest BCUT2D eigenvalue weighted by atomic mass is 10.0. The maximum absolute atomic E-state index is 5.57. The van der Waals surface area contributed by atoms with Gasteiger partial charge in [-0.05, 0) is 41.3 Å². The lowest BCUT2D eigenvalue weighted by molar-refractivity contribution is 0.174. The van der Waals surface area contributed by atoms with Crippen molar-refractivity contribution in [2.45, 2.75) is 16.6 Å². The standard InChI is InChI=1S/C20H15NO2S2/c1-2-5-19-14(4-1)21-15(18-6-3-9-24-18)11-20(25-19)13-7-8-16-17(10-13)23-12-22-16/h1-10,20H,11-12H2. The number of hydrogen-bond acceptors (Lipinski definition) is 5. The molecule has 3 aromatic rings. The molecule has 0 N–H and O–H groups in total. The SMILES string of the molecule is c1csc(C2=Nc3ccccc3SC(c3ccc4c(c3)OCO4)C2)c1. The number of para-hydroxylation sites is 1. The number of nitrogens with zero attached hydrogens (tertiary/aromatic N) is 1. The second kappa shape index (κ2) is 6.24. The summed E-state index contributed by atoms with van der Waals surface area (Å²) >= 11 is 3.62. The summed E-state index contributed by atoms with van der Waals surface area (Å²) in [6, 6.07) is 18.9. The largest absolute Gasteiger partial charge is 0.454 e. The number of thiophene rings is 1. The third-order valence-corrected chi connectivity index (χ3v) is 6.58. The molecule has 3 nitrogen and oxygen atoms in total. The van der Waals surface area contributed by atoms with Crippen LogP contribution in [0.5, 0.6) is 11.5 Å². The Morgan fingerprint density at radius 3 is 2.80 bits per heavy atom. The van der Waals surface area contributed by atoms with Gasteiger partial charge in [0.15, 0.2) is 11.5 Å². The summed E-state index contributed by atoms with van der Waals surface area (Å²) in [6.45, 7) is 0.307. The van der Waals surface area contributed by atoms with E-state index in [-0.39, 0.29) is 0 Å². The van der Waals surface area contributed by atoms with Crippen molar-refractivity contribution in [3.05, 3.63) is 70.4 Å². The van der Waals surface area contributed by atoms with Gasteiger partial charge in [-0.3, -0.25) is 4.99 Å². The van der Waals surface area contributed by atoms with Gasteiger partial charge in [0.25, 0.3) is 0 Å². The molecule has 5 heteroatoms. The highest BCUT2D eigenvalue weighted by Crippen LogP contribution is 2.47. The van der Waals surface area contributed by atoms with E-state index in [1.165, 1.54) is 15.3 Å². The van der Waals surface area contributed by atoms with E-state index in [1.807, 2.05) is 17.8 Å². The number of hydrogen-bond donors (Lipinski definition) is 0. The smallest absolute Gasteiger partial charge is 0.231 e. The van der Waals surface area contributed by atoms with Crippen molar-refractivity contribution in [3.8, 4) is 11.5 Å². The molecule has 124 valence electrons. The van der Waals surface area contributed by atoms with Gasteiger partial charge < -0.3 is 9.47 Å². The quantitative estimate of drug-likeness (QED) is 0.572. The Labute approximate surface area is 154 Å². The zero-order chi connectivity index (χ0) is 16.6. The molecular formula is C20H15NO2S2. The first-order valence-corrected chi connectivity index (χ1v) is 9.89. The van der Waals surface area contributed by atoms with Crippen molar-refractivity contribution in [1.29, 1.82) is 0 Å². The molecule has 25 heavy (non-hydrogen) atoms. The molecule has 0 saturated heterocycles. The average Bonchev–Trinajstić information content (AvgIpc) is 3.29. The molecule has 0 aliphatic carbocycles. The lowest BCUT2D eigenvalue weighted by Crippen LogP contribution is -2.03. The predicted octanol–water partition coefficient (Wildman–Crippen LogP) is 5.83. The highest BCUT2D eigenvalue weighted by atomic mass is 32.2. The van der Waals surface area contributed by atoms with Crippen LogP contribution in [0.4, 0.5) is 5.69 Å². The van der Waals surface area contributed by atoms with Crippen LogP contribution in [-0.4, -0.2) is 12.5 Å². The second-order valence-electron chi connectivity index (χ2n) is 5.93. The summed E-state index contributed by atoms with van der Waals surface area (Å²) in [5.74, 6) is 1.67. The van der Waals surface area contributed by atoms with Crippen LogP contribution in [-0.2, 0) is 0 Å². The number of fused-ring (bicyclic) bond motifs is 2. The normalized spacial score (nSPS) is 18.4. The molecule has 0 fully saturated rings. The fourth-order valence-corrected chi connectivity index (χ4v) is 5.06. The van der Waals surface area contributed by atoms with E-state index in [1.54, 1.807) is 11.3 Å². The van der Waals surface area contributed by atoms with E-state index >= 15 is 0 Å². The average molecular weight is 365 g/mol. The van der Waals surface area contributed by atoms with Gasteiger partial charge in [-0.25, -0.2) is 0 Å². The minimum absolute atomic E-state index is 0.291. The van der Waals surface area contributed by atoms with Crippen molar-refractivity contribution in [1.82, 2.24) is 0 Å². The summed E-state index contributed by atoms with van der Waals surface area (Å²) in [5.41, 5.74) is 3.45. The third-order valence-electron chi connectivity index (χ3n) is 4.34. The second-order valence-corrected chi connectivity index (χ2v) is 8.12. The van der Waals surface area contributed by atoms with E-state index in [4.69, 9.17) is 14.5 Å². The molecule has 1 atom stereocenters. The van der Waals surface area contributed by atoms with Gasteiger partial charge >= 0.3 is 0 Å². The molecule has 3 heterocycles. The summed E-state index contributed by atoms with van der Waals surface area (Å²) in [6.07, 6.45) is 0.888. The fourth-order valence-electron chi connectivity index (χ4n) is 3.11. The Morgan fingerprint density at radius 2 is 1.88 bits per heavy atom. The zero-order valence-corrected chi connectivity index (χ0v) is 15.0. The van der Waals surface area contributed by atoms with Crippen LogP contribution in [0, 0.1) is 0 Å². The molecule has 0 amide bonds. The van der Waals surface area contributed by atoms with Crippen molar-refractivity contribution in [3.63, 3.8) is 0 Å². The number of benzene rings is 2. The summed E-state index contributed by atoms with van der Waals surface area (Å²) in [5, 5.41) is 2.40. The van der Waals surface area contributed by atoms with Gasteiger partial charge in [0, 0.05) is 21.4 Å². The van der Waals surface area contributed by atoms with E-state index in [9.17, 15) is 0 Å². The van der Waals surface area contributed by atoms with Gasteiger partial charge in [-0.1, -0.05) is 24.3 Å². The summed E-state index contributed by atoms with van der Waals surface area (Å²) in [4.78, 5) is 7.44. The Morgan fingerprint density at radius 1 is 0.960 bits per heavy atom. The Kier molecular flexibility index (Phi) is 3.76. The van der Waals surface area contributed by atoms with E-state index in [0.29, 0.717) is 12.0 Å². The molecule has 2 aliphatic rings. The van der Waals surface area contributed by atoms with Crippen molar-refractivity contribution >= 4 is 34.5 Å². The number of thioether (sulfide) groups is 1. The number of rotatable bonds is 2. The van der Waals surface area contributed by atoms with E-state index < -0.39 is 0 Å². The first-order chi connectivity index (χ1) is 12.4. The highest BCUT2D eigenvalue weighted by Gasteiger charge is 2.24. The van der Waals surface area contributed by atoms with Crippen LogP contribution in [0.15, 0.2) is 69.9 Å². The van der Waals surface area contributed by atoms with Gasteiger partial charge in [0.2, 0.25) is 6.79 Å². The predicted molar refractivity (Wildman–Crippen MR) is 103 cm³/mol. The van der Waals surface area contributed by atoms with Crippen molar-refractivity contribution < 1.29 is 9.47 Å². The van der Waals surface area contributed by atoms with Gasteiger partial charge in [0.1, 0.15) is 0 Å². The van der Waals surface area contributed by atoms with Crippen LogP contribution in [0.25, 0.3) is 0 Å². The molecule has 5 rings (SSSR count). The molecule has 0 saturated carbocycles. The summed E-state index contributed by atoms with van der Waals surface area (Å²) < 4.78 is 11.0. The number of ether oxygens (including phenoxy) is 2. The minimum Gasteiger partial charge on any atom is -0.454 e. The van der Waals surface area contributed by atoms with Gasteiger partial charge in [-0.2, -0.15) is 0 Å². The van der Waals surface area contributed by atoms with Crippen LogP contribution in [0.2, 0.25) is 0 Å². The Hall–Kier alpha value is -2.24. The molecule has 2 aromatic carbocycles. The summed E-state index contributed by atoms with van der Waals surface area (Å²) in [7, 11) is 0. The first-order valence-electron chi connectivity index (χ1n) is 8.13. The molecule has 0 spiro atoms. The highest BCUT2D eigenvalue weighted by molar-refractivity contribution is 7.99. The Balaban J connectivity index is 1.58. The fraction of sp³-hybridized carbons (Fsp3) is 0.150. The molecule has 0 bridgehead atoms. The zero-order valence-electron chi connectivity index (χ0n) is 13.3. The molecular weight excluding hydrogens is 350 g/mol. The van der Waals surface area contributed by atoms with Crippen molar-refractivity contribution in [2.24, 2.45) is 4.99 Å². The van der Waals surface area contributed by atoms with Gasteiger partial charge in [-0.15, -0.1) is 23.1 Å². The maximum Gasteiger partial charge on any atom is 0.231 e. The van der Waals surface area contributed by atoms with Gasteiger partial charge in [0.05, 0.1) is 11.4 Å². The number of aliphatic imine (C=N–C) groups is 1. The first kappa shape index (κ1) is 15.0. The van der Waals surface area contributed by atoms with E-state index in [2.05, 4.69) is 53.9 Å². The van der Waals surface area contributed by atoms with Crippen LogP contribution in [0.3, 0.4) is 0 Å². The monoisotopic (exact) mass is 365 g/mol. The van der Waals surface area contributed by atoms with Crippen LogP contribution in [0.1, 0.15) is 22.1 Å². The maximum atomic E-state index is 5.57. The van der Waals surface area contributed by atoms with Crippen molar-refractivity contribution in [2.75, 3.05) is 6.79 Å². The minimum atomic E-state index is 0.291. The molecule has 1 unspecified atom stereocenters. The van der Waals surface area contributed by atoms with E-state index in [0.717, 1.165) is 29.3 Å². The molecule has 1 aromatic heterocycles. The Bertz CT molecular complexity index is 950. The van der Waals surface area contributed by atoms with Crippen LogP contribution < -0.4 is 9.47 Å². The lowest BCUT2D eigenvalue weighted by Gasteiger charge is -2.16.